The molecule has 9 nitrogen and oxygen atoms in total. The molecule has 4 N–H and O–H groups in total. The maximum Gasteiger partial charge on any atom is 0.416 e. The van der Waals surface area contributed by atoms with Gasteiger partial charge in [-0.05, 0) is 143 Å². The summed E-state index contributed by atoms with van der Waals surface area (Å²) in [6.07, 6.45) is -39.4. The minimum absolute atomic E-state index is 0.00366. The average Bonchev–Trinajstić information content (AvgIpc) is 3.79. The summed E-state index contributed by atoms with van der Waals surface area (Å²) in [6, 6.07) is 4.73. The Bertz CT molecular complexity index is 2590. The van der Waals surface area contributed by atoms with Crippen molar-refractivity contribution in [1.82, 2.24) is 9.97 Å². The molecule has 4 heterocycles. The van der Waals surface area contributed by atoms with E-state index in [1.807, 2.05) is 0 Å². The molecule has 0 amide bonds. The van der Waals surface area contributed by atoms with E-state index in [0.29, 0.717) is 11.1 Å². The largest absolute Gasteiger partial charge is 0.460 e. The van der Waals surface area contributed by atoms with Gasteiger partial charge in [0.25, 0.3) is 0 Å². The highest BCUT2D eigenvalue weighted by atomic mass is 79.9. The molecule has 404 valence electrons. The number of rotatable bonds is 8. The van der Waals surface area contributed by atoms with Crippen molar-refractivity contribution < 1.29 is 98.8 Å². The van der Waals surface area contributed by atoms with Crippen LogP contribution in [0.2, 0.25) is 0 Å². The molecule has 2 aliphatic rings. The number of aliphatic hydroxyl groups excluding tert-OH is 2. The predicted molar refractivity (Wildman–Crippen MR) is 230 cm³/mol. The number of aliphatic hydroxyl groups is 2. The fourth-order valence-electron chi connectivity index (χ4n) is 8.22. The van der Waals surface area contributed by atoms with Crippen LogP contribution < -0.4 is 15.5 Å². The van der Waals surface area contributed by atoms with E-state index in [1.165, 1.54) is 24.3 Å². The van der Waals surface area contributed by atoms with Crippen LogP contribution in [0, 0.1) is 0 Å². The maximum atomic E-state index is 14.5. The third kappa shape index (κ3) is 12.6. The van der Waals surface area contributed by atoms with E-state index in [9.17, 15) is 94.0 Å². The lowest BCUT2D eigenvalue weighted by molar-refractivity contribution is -0.212. The number of esters is 1. The van der Waals surface area contributed by atoms with Crippen molar-refractivity contribution in [3.63, 3.8) is 0 Å². The Kier molecular flexibility index (Phi) is 16.6. The van der Waals surface area contributed by atoms with Gasteiger partial charge < -0.3 is 30.5 Å². The monoisotopic (exact) mass is 1200 g/mol. The molecule has 2 aromatic heterocycles. The Balaban J connectivity index is 0.000000276. The molecular weight excluding hydrogens is 1160 g/mol. The molecule has 0 aliphatic carbocycles. The summed E-state index contributed by atoms with van der Waals surface area (Å²) >= 11 is 6.24. The Morgan fingerprint density at radius 1 is 0.603 bits per heavy atom. The molecule has 4 atom stereocenters. The van der Waals surface area contributed by atoms with Crippen LogP contribution in [0.1, 0.15) is 84.5 Å². The highest BCUT2D eigenvalue weighted by Crippen LogP contribution is 2.55. The van der Waals surface area contributed by atoms with Gasteiger partial charge in [0.2, 0.25) is 0 Å². The van der Waals surface area contributed by atoms with Gasteiger partial charge in [0, 0.05) is 26.1 Å². The molecule has 4 unspecified atom stereocenters. The van der Waals surface area contributed by atoms with E-state index >= 15 is 0 Å². The number of anilines is 2. The van der Waals surface area contributed by atoms with E-state index in [0.717, 1.165) is 9.80 Å². The molecule has 0 bridgehead atoms. The zero-order chi connectivity index (χ0) is 55.5. The molecule has 4 aromatic rings. The van der Waals surface area contributed by atoms with E-state index in [2.05, 4.69) is 41.8 Å². The van der Waals surface area contributed by atoms with Crippen LogP contribution in [0.3, 0.4) is 0 Å². The number of pyridine rings is 2. The Morgan fingerprint density at radius 3 is 1.21 bits per heavy atom. The van der Waals surface area contributed by atoms with Crippen LogP contribution in [-0.2, 0) is 58.0 Å². The van der Waals surface area contributed by atoms with Crippen molar-refractivity contribution in [2.45, 2.75) is 119 Å². The van der Waals surface area contributed by atoms with Crippen molar-refractivity contribution in [3.8, 4) is 0 Å². The zero-order valence-electron chi connectivity index (χ0n) is 37.5. The van der Waals surface area contributed by atoms with Crippen molar-refractivity contribution in [3.05, 3.63) is 114 Å². The molecule has 73 heavy (non-hydrogen) atoms. The van der Waals surface area contributed by atoms with Gasteiger partial charge in [0.1, 0.15) is 49.7 Å². The molecule has 0 saturated carbocycles. The molecule has 0 spiro atoms. The lowest BCUT2D eigenvalue weighted by Gasteiger charge is -2.37. The number of carbonyl (C=O) groups excluding carboxylic acids is 1. The number of halogens is 20. The van der Waals surface area contributed by atoms with Gasteiger partial charge in [-0.15, -0.1) is 0 Å². The minimum atomic E-state index is -5.45. The summed E-state index contributed by atoms with van der Waals surface area (Å²) in [4.78, 5) is 21.6. The number of nitrogens with two attached hydrogens (primary N) is 1. The third-order valence-electron chi connectivity index (χ3n) is 11.8. The van der Waals surface area contributed by atoms with Crippen LogP contribution in [0.15, 0.2) is 69.9 Å². The second-order valence-corrected chi connectivity index (χ2v) is 19.2. The van der Waals surface area contributed by atoms with Gasteiger partial charge in [0.15, 0.2) is 0 Å². The number of alkyl halides is 18. The van der Waals surface area contributed by atoms with Gasteiger partial charge in [-0.25, -0.2) is 9.97 Å². The van der Waals surface area contributed by atoms with Gasteiger partial charge in [-0.3, -0.25) is 4.79 Å². The van der Waals surface area contributed by atoms with E-state index in [4.69, 9.17) is 10.5 Å². The number of hydrogen-bond donors (Lipinski definition) is 3. The third-order valence-corrected chi connectivity index (χ3v) is 13.2. The minimum Gasteiger partial charge on any atom is -0.460 e. The molecule has 2 aliphatic heterocycles. The SMILES string of the molecule is CC(C)(C)OC(=O)CCc1ccc(N2CCC(c3cc(C(F)(F)F)cc(C(F)(F)F)c3)(C(F)(F)F)C2O)nc1Br.NCc1ccc(N2CCC(c3cc(C(F)(F)F)cc(C(F)(F)F)c3)(C(F)(F)F)C2O)nc1Br. The van der Waals surface area contributed by atoms with Gasteiger partial charge >= 0.3 is 43.0 Å². The molecule has 2 saturated heterocycles. The summed E-state index contributed by atoms with van der Waals surface area (Å²) in [5.74, 6) is -0.886. The quantitative estimate of drug-likeness (QED) is 0.0898. The lowest BCUT2D eigenvalue weighted by Crippen LogP contribution is -2.52. The number of ether oxygens (including phenoxy) is 1. The van der Waals surface area contributed by atoms with Gasteiger partial charge in [-0.1, -0.05) is 12.1 Å². The highest BCUT2D eigenvalue weighted by molar-refractivity contribution is 9.10. The number of aromatic nitrogens is 2. The first-order valence-electron chi connectivity index (χ1n) is 20.9. The first kappa shape index (κ1) is 59.3. The smallest absolute Gasteiger partial charge is 0.416 e. The summed E-state index contributed by atoms with van der Waals surface area (Å²) in [7, 11) is 0. The van der Waals surface area contributed by atoms with Crippen molar-refractivity contribution in [1.29, 1.82) is 0 Å². The maximum absolute atomic E-state index is 14.5. The van der Waals surface area contributed by atoms with E-state index in [-0.39, 0.29) is 76.6 Å². The van der Waals surface area contributed by atoms with Crippen LogP contribution in [0.4, 0.5) is 90.7 Å². The first-order chi connectivity index (χ1) is 33.1. The van der Waals surface area contributed by atoms with Crippen LogP contribution >= 0.6 is 31.9 Å². The fraction of sp³-hybridized carbons (Fsp3) is 0.477. The summed E-state index contributed by atoms with van der Waals surface area (Å²) in [5, 5.41) is 21.6. The molecule has 0 radical (unpaired) electrons. The van der Waals surface area contributed by atoms with Crippen molar-refractivity contribution in [2.75, 3.05) is 22.9 Å². The number of nitrogens with zero attached hydrogens (tertiary/aromatic N) is 4. The van der Waals surface area contributed by atoms with Crippen molar-refractivity contribution >= 4 is 49.5 Å². The standard InChI is InChI=1S/C25H24BrF9N2O3.C19H15BrF9N3O/c1-21(2,3)40-18(38)7-5-13-4-6-17(36-19(13)26)37-9-8-22(20(37)39,25(33,34)35)14-10-15(23(27,28)29)12-16(11-14)24(30,31)32;20-14-9(8-30)1-2-13(31-14)32-4-3-16(15(32)33,19(27,28)29)10-5-11(17(21,22)23)7-12(6-10)18(24,25)26/h4,6,10-12,20,39H,5,7-9H2,1-3H3;1-2,5-7,15,33H,3-4,8,30H2. The number of aryl methyl sites for hydroxylation is 1. The van der Waals surface area contributed by atoms with E-state index < -0.39 is 131 Å². The average molecular weight is 1200 g/mol. The molecule has 2 aromatic carbocycles. The van der Waals surface area contributed by atoms with Crippen LogP contribution in [0.5, 0.6) is 0 Å². The van der Waals surface area contributed by atoms with Gasteiger partial charge in [-0.2, -0.15) is 79.0 Å². The summed E-state index contributed by atoms with van der Waals surface area (Å²) in [6.45, 7) is 3.95. The molecule has 29 heteroatoms. The Labute approximate surface area is 419 Å². The molecular formula is C44H39Br2F18N5O4. The van der Waals surface area contributed by atoms with Crippen LogP contribution in [-0.4, -0.2) is 69.6 Å². The topological polar surface area (TPSA) is 125 Å². The Morgan fingerprint density at radius 2 is 0.932 bits per heavy atom. The first-order valence-corrected chi connectivity index (χ1v) is 22.5. The number of hydrogen-bond acceptors (Lipinski definition) is 9. The van der Waals surface area contributed by atoms with Crippen molar-refractivity contribution in [2.24, 2.45) is 5.73 Å². The van der Waals surface area contributed by atoms with Gasteiger partial charge in [0.05, 0.1) is 22.3 Å². The highest BCUT2D eigenvalue weighted by Gasteiger charge is 2.67. The fourth-order valence-corrected chi connectivity index (χ4v) is 9.21. The Hall–Kier alpha value is -4.61. The molecule has 2 fully saturated rings. The summed E-state index contributed by atoms with van der Waals surface area (Å²) < 4.78 is 252. The lowest BCUT2D eigenvalue weighted by atomic mass is 9.76. The predicted octanol–water partition coefficient (Wildman–Crippen LogP) is 12.6. The van der Waals surface area contributed by atoms with Crippen LogP contribution in [0.25, 0.3) is 0 Å². The van der Waals surface area contributed by atoms with E-state index in [1.54, 1.807) is 20.8 Å². The molecule has 6 rings (SSSR count). The summed E-state index contributed by atoms with van der Waals surface area (Å²) in [5.41, 5.74) is -11.6. The second-order valence-electron chi connectivity index (χ2n) is 17.7. The second kappa shape index (κ2) is 20.5. The number of carbonyl (C=O) groups is 1. The zero-order valence-corrected chi connectivity index (χ0v) is 40.7. The number of benzene rings is 2. The normalized spacial score (nSPS) is 21.3.